The molecule has 2 aromatic rings. The van der Waals surface area contributed by atoms with Crippen molar-refractivity contribution in [2.24, 2.45) is 0 Å². The van der Waals surface area contributed by atoms with Crippen molar-refractivity contribution in [2.45, 2.75) is 38.8 Å². The highest BCUT2D eigenvalue weighted by Gasteiger charge is 2.28. The maximum Gasteiger partial charge on any atom is 0.242 e. The Morgan fingerprint density at radius 2 is 1.77 bits per heavy atom. The van der Waals surface area contributed by atoms with Crippen molar-refractivity contribution in [2.75, 3.05) is 31.3 Å². The van der Waals surface area contributed by atoms with Crippen LogP contribution in [0.25, 0.3) is 0 Å². The fraction of sp³-hybridized carbons (Fsp3) is 0.417. The first-order valence-electron chi connectivity index (χ1n) is 11.1. The minimum atomic E-state index is -3.63. The van der Waals surface area contributed by atoms with Gasteiger partial charge in [0.15, 0.2) is 0 Å². The van der Waals surface area contributed by atoms with Gasteiger partial charge < -0.3 is 15.0 Å². The molecule has 11 heteroatoms. The third kappa shape index (κ3) is 8.02. The number of halogens is 2. The molecule has 0 aliphatic rings. The van der Waals surface area contributed by atoms with Gasteiger partial charge in [-0.05, 0) is 48.7 Å². The second-order valence-corrected chi connectivity index (χ2v) is 10.7. The molecule has 2 rings (SSSR count). The number of ether oxygens (including phenoxy) is 1. The zero-order valence-electron chi connectivity index (χ0n) is 20.3. The van der Waals surface area contributed by atoms with Crippen molar-refractivity contribution in [1.82, 2.24) is 10.2 Å². The number of nitrogens with one attached hydrogen (secondary N) is 1. The Morgan fingerprint density at radius 3 is 2.29 bits per heavy atom. The summed E-state index contributed by atoms with van der Waals surface area (Å²) in [6, 6.07) is 11.1. The molecule has 8 nitrogen and oxygen atoms in total. The normalized spacial score (nSPS) is 12.1. The molecule has 1 atom stereocenters. The molecule has 0 heterocycles. The van der Waals surface area contributed by atoms with Crippen LogP contribution in [-0.2, 0) is 26.2 Å². The first kappa shape index (κ1) is 28.7. The zero-order valence-corrected chi connectivity index (χ0v) is 22.6. The summed E-state index contributed by atoms with van der Waals surface area (Å²) in [5, 5.41) is 3.46. The average Bonchev–Trinajstić information content (AvgIpc) is 2.81. The number of methoxy groups -OCH3 is 1. The van der Waals surface area contributed by atoms with E-state index in [1.54, 1.807) is 36.4 Å². The van der Waals surface area contributed by atoms with Gasteiger partial charge in [0.1, 0.15) is 11.8 Å². The van der Waals surface area contributed by atoms with Crippen molar-refractivity contribution in [3.05, 3.63) is 58.1 Å². The quantitative estimate of drug-likeness (QED) is 0.434. The van der Waals surface area contributed by atoms with Gasteiger partial charge in [-0.3, -0.25) is 13.9 Å². The van der Waals surface area contributed by atoms with Gasteiger partial charge in [-0.15, -0.1) is 0 Å². The molecule has 0 aliphatic heterocycles. The van der Waals surface area contributed by atoms with Crippen LogP contribution in [0.2, 0.25) is 10.0 Å². The van der Waals surface area contributed by atoms with Crippen LogP contribution in [0.4, 0.5) is 5.69 Å². The summed E-state index contributed by atoms with van der Waals surface area (Å²) in [7, 11) is -0.632. The van der Waals surface area contributed by atoms with Crippen LogP contribution in [0.3, 0.4) is 0 Å². The molecule has 1 N–H and O–H groups in total. The first-order chi connectivity index (χ1) is 16.5. The Labute approximate surface area is 217 Å². The molecule has 0 aliphatic carbocycles. The van der Waals surface area contributed by atoms with E-state index in [4.69, 9.17) is 27.9 Å². The summed E-state index contributed by atoms with van der Waals surface area (Å²) in [6.07, 6.45) is 1.82. The highest BCUT2D eigenvalue weighted by molar-refractivity contribution is 7.92. The highest BCUT2D eigenvalue weighted by Crippen LogP contribution is 2.30. The van der Waals surface area contributed by atoms with E-state index in [9.17, 15) is 18.0 Å². The van der Waals surface area contributed by atoms with Gasteiger partial charge >= 0.3 is 0 Å². The number of benzene rings is 2. The Kier molecular flexibility index (Phi) is 10.7. The van der Waals surface area contributed by atoms with E-state index in [2.05, 4.69) is 5.32 Å². The van der Waals surface area contributed by atoms with Crippen LogP contribution < -0.4 is 14.4 Å². The second-order valence-electron chi connectivity index (χ2n) is 7.94. The molecule has 2 aromatic carbocycles. The number of rotatable bonds is 12. The molecule has 0 radical (unpaired) electrons. The molecule has 0 spiro atoms. The summed E-state index contributed by atoms with van der Waals surface area (Å²) in [4.78, 5) is 27.3. The van der Waals surface area contributed by atoms with Crippen molar-refractivity contribution in [3.63, 3.8) is 0 Å². The lowest BCUT2D eigenvalue weighted by Crippen LogP contribution is -2.48. The van der Waals surface area contributed by atoms with E-state index in [-0.39, 0.29) is 42.8 Å². The molecular weight excluding hydrogens is 513 g/mol. The van der Waals surface area contributed by atoms with Gasteiger partial charge in [-0.1, -0.05) is 42.3 Å². The average molecular weight is 545 g/mol. The van der Waals surface area contributed by atoms with E-state index >= 15 is 0 Å². The molecular formula is C24H31Cl2N3O5S. The number of hydrogen-bond acceptors (Lipinski definition) is 5. The number of nitrogens with zero attached hydrogens (tertiary/aromatic N) is 2. The summed E-state index contributed by atoms with van der Waals surface area (Å²) in [6.45, 7) is 2.13. The molecule has 0 aromatic heterocycles. The van der Waals surface area contributed by atoms with Gasteiger partial charge in [0.05, 0.1) is 24.1 Å². The number of likely N-dealkylation sites (N-methyl/N-ethyl adjacent to an activating group) is 1. The van der Waals surface area contributed by atoms with Crippen molar-refractivity contribution < 1.29 is 22.7 Å². The molecule has 0 unspecified atom stereocenters. The van der Waals surface area contributed by atoms with Crippen LogP contribution >= 0.6 is 23.2 Å². The number of carbonyl (C=O) groups is 2. The Hall–Kier alpha value is -2.49. The molecule has 35 heavy (non-hydrogen) atoms. The first-order valence-corrected chi connectivity index (χ1v) is 13.7. The standard InChI is InChI=1S/C24H31Cl2N3O5S/c1-5-21(24(31)27-2)28(16-17-8-10-18(25)11-9-17)23(30)7-6-14-29(35(4,32)33)19-12-13-22(34-3)20(26)15-19/h8-13,15,21H,5-7,14,16H2,1-4H3,(H,27,31)/t21-/m0/s1. The minimum Gasteiger partial charge on any atom is -0.495 e. The van der Waals surface area contributed by atoms with E-state index in [1.807, 2.05) is 6.92 Å². The minimum absolute atomic E-state index is 0.0526. The summed E-state index contributed by atoms with van der Waals surface area (Å²) < 4.78 is 31.2. The number of anilines is 1. The van der Waals surface area contributed by atoms with Gasteiger partial charge in [0, 0.05) is 31.6 Å². The van der Waals surface area contributed by atoms with E-state index in [1.165, 1.54) is 29.4 Å². The number of sulfonamides is 1. The van der Waals surface area contributed by atoms with Gasteiger partial charge in [-0.2, -0.15) is 0 Å². The lowest BCUT2D eigenvalue weighted by atomic mass is 10.1. The van der Waals surface area contributed by atoms with Crippen molar-refractivity contribution >= 4 is 50.7 Å². The number of amides is 2. The Morgan fingerprint density at radius 1 is 1.11 bits per heavy atom. The fourth-order valence-electron chi connectivity index (χ4n) is 3.69. The summed E-state index contributed by atoms with van der Waals surface area (Å²) in [5.41, 5.74) is 1.20. The number of hydrogen-bond donors (Lipinski definition) is 1. The molecule has 0 bridgehead atoms. The molecule has 192 valence electrons. The van der Waals surface area contributed by atoms with Crippen molar-refractivity contribution in [1.29, 1.82) is 0 Å². The third-order valence-corrected chi connectivity index (χ3v) is 7.22. The predicted molar refractivity (Wildman–Crippen MR) is 140 cm³/mol. The van der Waals surface area contributed by atoms with Gasteiger partial charge in [-0.25, -0.2) is 8.42 Å². The summed E-state index contributed by atoms with van der Waals surface area (Å²) in [5.74, 6) is -0.0891. The van der Waals surface area contributed by atoms with E-state index in [0.29, 0.717) is 22.9 Å². The molecule has 2 amide bonds. The van der Waals surface area contributed by atoms with Crippen molar-refractivity contribution in [3.8, 4) is 5.75 Å². The Bertz CT molecular complexity index is 1130. The fourth-order valence-corrected chi connectivity index (χ4v) is 5.02. The van der Waals surface area contributed by atoms with Crippen LogP contribution in [0.5, 0.6) is 5.75 Å². The van der Waals surface area contributed by atoms with Crippen LogP contribution in [-0.4, -0.2) is 58.1 Å². The molecule has 0 saturated heterocycles. The second kappa shape index (κ2) is 13.0. The van der Waals surface area contributed by atoms with Crippen LogP contribution in [0.15, 0.2) is 42.5 Å². The highest BCUT2D eigenvalue weighted by atomic mass is 35.5. The largest absolute Gasteiger partial charge is 0.495 e. The van der Waals surface area contributed by atoms with E-state index < -0.39 is 16.1 Å². The maximum absolute atomic E-state index is 13.3. The van der Waals surface area contributed by atoms with Crippen LogP contribution in [0.1, 0.15) is 31.7 Å². The summed E-state index contributed by atoms with van der Waals surface area (Å²) >= 11 is 12.1. The van der Waals surface area contributed by atoms with Gasteiger partial charge in [0.2, 0.25) is 21.8 Å². The lowest BCUT2D eigenvalue weighted by Gasteiger charge is -2.31. The SMILES string of the molecule is CC[C@@H](C(=O)NC)N(Cc1ccc(Cl)cc1)C(=O)CCCN(c1ccc(OC)c(Cl)c1)S(C)(=O)=O. The topological polar surface area (TPSA) is 96.0 Å². The van der Waals surface area contributed by atoms with Crippen LogP contribution in [0, 0.1) is 0 Å². The monoisotopic (exact) mass is 543 g/mol. The Balaban J connectivity index is 2.20. The molecule has 0 saturated carbocycles. The van der Waals surface area contributed by atoms with Gasteiger partial charge in [0.25, 0.3) is 0 Å². The maximum atomic E-state index is 13.3. The lowest BCUT2D eigenvalue weighted by molar-refractivity contribution is -0.141. The zero-order chi connectivity index (χ0) is 26.2. The molecule has 0 fully saturated rings. The number of carbonyl (C=O) groups excluding carboxylic acids is 2. The predicted octanol–water partition coefficient (Wildman–Crippen LogP) is 4.10. The third-order valence-electron chi connectivity index (χ3n) is 5.47. The van der Waals surface area contributed by atoms with E-state index in [0.717, 1.165) is 11.8 Å². The smallest absolute Gasteiger partial charge is 0.242 e.